The summed E-state index contributed by atoms with van der Waals surface area (Å²) in [6, 6.07) is 47.9. The van der Waals surface area contributed by atoms with E-state index < -0.39 is 36.0 Å². The third-order valence-corrected chi connectivity index (χ3v) is 21.6. The van der Waals surface area contributed by atoms with E-state index in [4.69, 9.17) is 42.5 Å². The molecule has 0 bridgehead atoms. The highest BCUT2D eigenvalue weighted by Crippen LogP contribution is 2.41. The van der Waals surface area contributed by atoms with Gasteiger partial charge in [0.05, 0.1) is 143 Å². The van der Waals surface area contributed by atoms with Gasteiger partial charge in [0.25, 0.3) is 52.1 Å². The number of halogens is 1. The second-order valence-electron chi connectivity index (χ2n) is 28.2. The molecule has 0 aliphatic carbocycles. The summed E-state index contributed by atoms with van der Waals surface area (Å²) in [7, 11) is 10.2. The first-order valence-electron chi connectivity index (χ1n) is 36.5. The molecule has 27 nitrogen and oxygen atoms in total. The standard InChI is InChI=1S/C30H27N3O6.C22H25BN2O4.C21H17N3O4.C14H14BrNO4/c1-18-28(30(36)33(29(18)35)16-19-8-10-24(37-2)26(13-19)39-4)22-14-20-9-11-27(34)32(23(20)15-25(22)38-3)17-21-7-5-6-12-31-21;1-21(2)22(3,4)29-23(28-21)17-12-15-9-10-20(26)25(18(15)13-19(17)27-5)14-16-8-6-7-11-24-16;1-12-19(21(27)23-20(12)26)15-9-13-6-7-18(25)24(16(13)10-17(15)28-2)11-14-5-3-4-8-22-14;1-8-12(15)14(18)16(13(8)17)7-9-4-5-10(19-2)11(6-9)20-3/h5-15H,16-17H2,1-4H3;6-13H,14H2,1-5H3;3-10H,11H2,1-2H3,(H,23,26,27);4-6H,7H2,1-3H3. The summed E-state index contributed by atoms with van der Waals surface area (Å²) in [5.74, 6) is 1.36. The number of carbonyl (C=O) groups excluding carboxylic acids is 6. The lowest BCUT2D eigenvalue weighted by atomic mass is 9.77. The van der Waals surface area contributed by atoms with Crippen LogP contribution in [0.15, 0.2) is 218 Å². The molecule has 15 rings (SSSR count). The van der Waals surface area contributed by atoms with Crippen molar-refractivity contribution < 1.29 is 71.2 Å². The number of benzene rings is 5. The minimum absolute atomic E-state index is 0.0678. The van der Waals surface area contributed by atoms with Crippen LogP contribution < -0.4 is 60.6 Å². The van der Waals surface area contributed by atoms with Crippen LogP contribution in [0.1, 0.15) is 87.8 Å². The number of hydrogen-bond acceptors (Lipinski definition) is 21. The van der Waals surface area contributed by atoms with Gasteiger partial charge in [-0.1, -0.05) is 30.3 Å². The van der Waals surface area contributed by atoms with E-state index in [1.165, 1.54) is 50.4 Å². The van der Waals surface area contributed by atoms with Crippen molar-refractivity contribution in [2.75, 3.05) is 49.8 Å². The predicted octanol–water partition coefficient (Wildman–Crippen LogP) is 10.7. The number of nitrogens with zero attached hydrogens (tertiary/aromatic N) is 8. The number of nitrogens with one attached hydrogen (secondary N) is 1. The SMILES string of the molecule is COc1cc2c(ccc(=O)n2Cc2ccccn2)cc1B1OC(C)(C)C(C)(C)O1.COc1cc2c(ccc(=O)n2Cc2ccccn2)cc1C1=C(C)C(=O)NC1=O.COc1ccc(CN2C(=O)C(C)=C(Br)C2=O)cc1OC.COc1ccc(CN2C(=O)C(C)=C(c3cc4ccc(=O)n(Cc5ccccn5)c4cc3OC)C2=O)cc1OC. The highest BCUT2D eigenvalue weighted by molar-refractivity contribution is 9.12. The second kappa shape index (κ2) is 34.7. The molecule has 0 unspecified atom stereocenters. The number of carbonyl (C=O) groups is 6. The Hall–Kier alpha value is -13.1. The maximum absolute atomic E-state index is 13.6. The zero-order valence-electron chi connectivity index (χ0n) is 66.2. The Kier molecular flexibility index (Phi) is 24.6. The van der Waals surface area contributed by atoms with Crippen LogP contribution in [0.4, 0.5) is 0 Å². The Morgan fingerprint density at radius 1 is 0.379 bits per heavy atom. The van der Waals surface area contributed by atoms with Crippen LogP contribution in [0.5, 0.6) is 40.2 Å². The molecule has 1 N–H and O–H groups in total. The topological polar surface area (TPSA) is 309 Å². The monoisotopic (exact) mass is 1630 g/mol. The van der Waals surface area contributed by atoms with Crippen molar-refractivity contribution in [3.05, 3.63) is 274 Å². The Labute approximate surface area is 675 Å². The number of aromatic nitrogens is 6. The van der Waals surface area contributed by atoms with Crippen molar-refractivity contribution in [2.24, 2.45) is 0 Å². The maximum Gasteiger partial charge on any atom is 0.498 e. The van der Waals surface area contributed by atoms with Crippen molar-refractivity contribution in [3.63, 3.8) is 0 Å². The molecular weight excluding hydrogens is 1550 g/mol. The van der Waals surface area contributed by atoms with Gasteiger partial charge in [0, 0.05) is 88.3 Å². The molecule has 116 heavy (non-hydrogen) atoms. The van der Waals surface area contributed by atoms with E-state index in [1.807, 2.05) is 100 Å². The largest absolute Gasteiger partial charge is 0.498 e. The Morgan fingerprint density at radius 3 is 1.12 bits per heavy atom. The van der Waals surface area contributed by atoms with Crippen molar-refractivity contribution in [1.29, 1.82) is 0 Å². The van der Waals surface area contributed by atoms with Crippen LogP contribution >= 0.6 is 15.9 Å². The zero-order chi connectivity index (χ0) is 83.2. The highest BCUT2D eigenvalue weighted by atomic mass is 79.9. The second-order valence-corrected chi connectivity index (χ2v) is 29.0. The molecule has 6 amide bonds. The van der Waals surface area contributed by atoms with Gasteiger partial charge < -0.3 is 56.2 Å². The average Bonchev–Trinajstić information content (AvgIpc) is 1.51. The van der Waals surface area contributed by atoms with Gasteiger partial charge in [-0.15, -0.1) is 0 Å². The molecule has 594 valence electrons. The van der Waals surface area contributed by atoms with Crippen LogP contribution in [0.25, 0.3) is 43.9 Å². The molecule has 0 radical (unpaired) electrons. The quantitative estimate of drug-likeness (QED) is 0.0547. The summed E-state index contributed by atoms with van der Waals surface area (Å²) in [6.07, 6.45) is 5.08. The van der Waals surface area contributed by atoms with Crippen molar-refractivity contribution in [1.82, 2.24) is 43.8 Å². The van der Waals surface area contributed by atoms with Crippen LogP contribution in [-0.4, -0.2) is 142 Å². The third kappa shape index (κ3) is 16.8. The van der Waals surface area contributed by atoms with Crippen LogP contribution in [0.3, 0.4) is 0 Å². The molecule has 1 saturated heterocycles. The minimum atomic E-state index is -0.546. The van der Waals surface area contributed by atoms with Gasteiger partial charge in [0.2, 0.25) is 0 Å². The number of hydrogen-bond donors (Lipinski definition) is 1. The number of pyridine rings is 6. The molecule has 0 spiro atoms. The first kappa shape index (κ1) is 82.3. The predicted molar refractivity (Wildman–Crippen MR) is 440 cm³/mol. The van der Waals surface area contributed by atoms with Crippen LogP contribution in [-0.2, 0) is 70.8 Å². The lowest BCUT2D eigenvalue weighted by Gasteiger charge is -2.32. The van der Waals surface area contributed by atoms with Gasteiger partial charge in [-0.3, -0.25) is 73.2 Å². The number of ether oxygens (including phenoxy) is 7. The van der Waals surface area contributed by atoms with Gasteiger partial charge in [0.1, 0.15) is 17.2 Å². The molecule has 6 aromatic heterocycles. The van der Waals surface area contributed by atoms with Crippen molar-refractivity contribution >= 4 is 108 Å². The van der Waals surface area contributed by atoms with Crippen LogP contribution in [0.2, 0.25) is 0 Å². The lowest BCUT2D eigenvalue weighted by Crippen LogP contribution is -2.41. The van der Waals surface area contributed by atoms with E-state index in [1.54, 1.807) is 153 Å². The number of rotatable bonds is 20. The smallest absolute Gasteiger partial charge is 0.497 e. The van der Waals surface area contributed by atoms with Gasteiger partial charge in [0.15, 0.2) is 23.0 Å². The summed E-state index contributed by atoms with van der Waals surface area (Å²) in [5.41, 5.74) is 7.96. The summed E-state index contributed by atoms with van der Waals surface area (Å²) in [5, 5.41) is 4.68. The van der Waals surface area contributed by atoms with Gasteiger partial charge in [-0.2, -0.15) is 0 Å². The zero-order valence-corrected chi connectivity index (χ0v) is 67.8. The molecule has 11 aromatic rings. The first-order chi connectivity index (χ1) is 55.5. The minimum Gasteiger partial charge on any atom is -0.497 e. The Bertz CT molecular complexity index is 6000. The molecule has 29 heteroatoms. The van der Waals surface area contributed by atoms with Gasteiger partial charge in [-0.25, -0.2) is 0 Å². The van der Waals surface area contributed by atoms with E-state index in [0.29, 0.717) is 102 Å². The Balaban J connectivity index is 0.000000146. The summed E-state index contributed by atoms with van der Waals surface area (Å²) >= 11 is 3.14. The lowest BCUT2D eigenvalue weighted by molar-refractivity contribution is -0.139. The van der Waals surface area contributed by atoms with Gasteiger partial charge in [-0.05, 0) is 189 Å². The fraction of sp³-hybridized carbons (Fsp3) is 0.241. The maximum atomic E-state index is 13.6. The number of amides is 6. The fourth-order valence-electron chi connectivity index (χ4n) is 13.7. The molecule has 5 aromatic carbocycles. The molecular formula is C87H83BBrN9O18. The number of imide groups is 3. The van der Waals surface area contributed by atoms with Crippen molar-refractivity contribution in [3.8, 4) is 40.2 Å². The Morgan fingerprint density at radius 2 is 0.759 bits per heavy atom. The van der Waals surface area contributed by atoms with E-state index in [2.05, 4.69) is 36.2 Å². The summed E-state index contributed by atoms with van der Waals surface area (Å²) in [4.78, 5) is 128. The molecule has 4 aliphatic heterocycles. The van der Waals surface area contributed by atoms with E-state index >= 15 is 0 Å². The van der Waals surface area contributed by atoms with Crippen molar-refractivity contribution in [2.45, 2.75) is 92.4 Å². The van der Waals surface area contributed by atoms with Crippen LogP contribution in [0, 0.1) is 0 Å². The average molecular weight is 1630 g/mol. The number of fused-ring (bicyclic) bond motifs is 3. The first-order valence-corrected chi connectivity index (χ1v) is 37.3. The summed E-state index contributed by atoms with van der Waals surface area (Å²) < 4.78 is 55.5. The third-order valence-electron chi connectivity index (χ3n) is 20.6. The number of methoxy groups -OCH3 is 7. The van der Waals surface area contributed by atoms with E-state index in [0.717, 1.165) is 49.8 Å². The van der Waals surface area contributed by atoms with E-state index in [-0.39, 0.29) is 65.2 Å². The molecule has 0 saturated carbocycles. The molecule has 0 atom stereocenters. The van der Waals surface area contributed by atoms with Gasteiger partial charge >= 0.3 is 7.12 Å². The summed E-state index contributed by atoms with van der Waals surface area (Å²) in [6.45, 7) is 14.2. The molecule has 10 heterocycles. The van der Waals surface area contributed by atoms with E-state index in [9.17, 15) is 43.2 Å². The molecule has 4 aliphatic rings. The normalized spacial score (nSPS) is 14.9. The fourth-order valence-corrected chi connectivity index (χ4v) is 14.0. The highest BCUT2D eigenvalue weighted by Gasteiger charge is 2.53. The molecule has 1 fully saturated rings.